The fourth-order valence-electron chi connectivity index (χ4n) is 0.665. The monoisotopic (exact) mass is 198 g/mol. The first-order chi connectivity index (χ1) is 5.45. The van der Waals surface area contributed by atoms with E-state index in [2.05, 4.69) is 5.10 Å². The Morgan fingerprint density at radius 2 is 2.17 bits per heavy atom. The minimum Gasteiger partial charge on any atom is -0.298 e. The summed E-state index contributed by atoms with van der Waals surface area (Å²) in [6.45, 7) is 0. The number of rotatable bonds is 1. The molecule has 0 atom stereocenters. The minimum atomic E-state index is -4.64. The zero-order valence-electron chi connectivity index (χ0n) is 5.47. The molecule has 0 N–H and O–H groups in total. The van der Waals surface area contributed by atoms with Gasteiger partial charge in [-0.25, -0.2) is 0 Å². The number of aromatic nitrogens is 2. The Hall–Kier alpha value is -1.04. The van der Waals surface area contributed by atoms with Gasteiger partial charge in [0.2, 0.25) is 0 Å². The second-order valence-electron chi connectivity index (χ2n) is 1.94. The molecule has 0 fully saturated rings. The van der Waals surface area contributed by atoms with Gasteiger partial charge in [0, 0.05) is 11.8 Å². The van der Waals surface area contributed by atoms with Crippen LogP contribution in [0.2, 0.25) is 0 Å². The second kappa shape index (κ2) is 2.78. The summed E-state index contributed by atoms with van der Waals surface area (Å²) in [6, 6.07) is 0. The van der Waals surface area contributed by atoms with Crippen molar-refractivity contribution in [3.05, 3.63) is 17.5 Å². The molecule has 3 nitrogen and oxygen atoms in total. The van der Waals surface area contributed by atoms with Crippen LogP contribution >= 0.6 is 11.8 Å². The van der Waals surface area contributed by atoms with Gasteiger partial charge in [0.1, 0.15) is 0 Å². The summed E-state index contributed by atoms with van der Waals surface area (Å²) in [4.78, 5) is 10.1. The maximum absolute atomic E-state index is 12.0. The summed E-state index contributed by atoms with van der Waals surface area (Å²) in [5.74, 6) is 0. The van der Waals surface area contributed by atoms with Gasteiger partial charge < -0.3 is 0 Å². The molecule has 1 rings (SSSR count). The van der Waals surface area contributed by atoms with E-state index in [1.807, 2.05) is 0 Å². The van der Waals surface area contributed by atoms with Crippen molar-refractivity contribution >= 4 is 18.1 Å². The number of nitrogens with zero attached hydrogens (tertiary/aromatic N) is 2. The van der Waals surface area contributed by atoms with Crippen molar-refractivity contribution in [1.82, 2.24) is 9.30 Å². The standard InChI is InChI=1S/C5H2ClF3N2O/c6-11-1-3(2-12)4(10-11)5(7,8)9/h1-2H. The van der Waals surface area contributed by atoms with Gasteiger partial charge in [0.25, 0.3) is 0 Å². The normalized spacial score (nSPS) is 11.7. The quantitative estimate of drug-likeness (QED) is 0.644. The van der Waals surface area contributed by atoms with Crippen LogP contribution in [0, 0.1) is 0 Å². The first-order valence-corrected chi connectivity index (χ1v) is 3.07. The molecule has 0 radical (unpaired) electrons. The van der Waals surface area contributed by atoms with Crippen LogP contribution in [-0.2, 0) is 6.18 Å². The summed E-state index contributed by atoms with van der Waals surface area (Å²) in [7, 11) is 0. The number of hydrogen-bond acceptors (Lipinski definition) is 2. The molecule has 1 aromatic heterocycles. The fourth-order valence-corrected chi connectivity index (χ4v) is 0.845. The van der Waals surface area contributed by atoms with Gasteiger partial charge in [-0.15, -0.1) is 0 Å². The predicted molar refractivity (Wildman–Crippen MR) is 33.9 cm³/mol. The van der Waals surface area contributed by atoms with Crippen LogP contribution in [0.5, 0.6) is 0 Å². The molecule has 0 spiro atoms. The van der Waals surface area contributed by atoms with Gasteiger partial charge in [-0.2, -0.15) is 22.5 Å². The summed E-state index contributed by atoms with van der Waals surface area (Å²) < 4.78 is 36.3. The maximum atomic E-state index is 12.0. The molecule has 0 aliphatic carbocycles. The van der Waals surface area contributed by atoms with E-state index in [0.29, 0.717) is 4.20 Å². The molecule has 0 amide bonds. The third-order valence-corrected chi connectivity index (χ3v) is 1.28. The number of halogens is 4. The van der Waals surface area contributed by atoms with Crippen LogP contribution in [0.1, 0.15) is 16.1 Å². The Bertz CT molecular complexity index is 306. The molecule has 1 aromatic rings. The molecule has 0 aliphatic rings. The number of aldehydes is 1. The smallest absolute Gasteiger partial charge is 0.298 e. The summed E-state index contributed by atoms with van der Waals surface area (Å²) in [6.07, 6.45) is -3.80. The molecule has 1 heterocycles. The first kappa shape index (κ1) is 9.05. The summed E-state index contributed by atoms with van der Waals surface area (Å²) in [5.41, 5.74) is -1.84. The second-order valence-corrected chi connectivity index (χ2v) is 2.28. The predicted octanol–water partition coefficient (Wildman–Crippen LogP) is 1.72. The van der Waals surface area contributed by atoms with Crippen molar-refractivity contribution < 1.29 is 18.0 Å². The largest absolute Gasteiger partial charge is 0.435 e. The lowest BCUT2D eigenvalue weighted by molar-refractivity contribution is -0.141. The number of alkyl halides is 3. The van der Waals surface area contributed by atoms with Crippen molar-refractivity contribution in [2.75, 3.05) is 0 Å². The molecule has 0 unspecified atom stereocenters. The van der Waals surface area contributed by atoms with Crippen LogP contribution < -0.4 is 0 Å². The van der Waals surface area contributed by atoms with Crippen LogP contribution in [0.25, 0.3) is 0 Å². The first-order valence-electron chi connectivity index (χ1n) is 2.73. The molecule has 0 saturated heterocycles. The summed E-state index contributed by atoms with van der Waals surface area (Å²) in [5, 5.41) is 2.88. The average molecular weight is 199 g/mol. The number of carbonyl (C=O) groups excluding carboxylic acids is 1. The lowest BCUT2D eigenvalue weighted by atomic mass is 10.3. The number of hydrogen-bond donors (Lipinski definition) is 0. The van der Waals surface area contributed by atoms with Gasteiger partial charge >= 0.3 is 6.18 Å². The van der Waals surface area contributed by atoms with Crippen LogP contribution in [-0.4, -0.2) is 15.6 Å². The van der Waals surface area contributed by atoms with Crippen molar-refractivity contribution in [3.63, 3.8) is 0 Å². The lowest BCUT2D eigenvalue weighted by Crippen LogP contribution is -2.08. The zero-order valence-corrected chi connectivity index (χ0v) is 6.23. The Balaban J connectivity index is 3.22. The highest BCUT2D eigenvalue weighted by Gasteiger charge is 2.37. The van der Waals surface area contributed by atoms with Crippen molar-refractivity contribution in [3.8, 4) is 0 Å². The molecule has 7 heteroatoms. The Labute approximate surface area is 69.8 Å². The van der Waals surface area contributed by atoms with Gasteiger partial charge in [-0.3, -0.25) is 4.79 Å². The van der Waals surface area contributed by atoms with E-state index in [4.69, 9.17) is 11.8 Å². The molecule has 0 aromatic carbocycles. The molecule has 0 saturated carbocycles. The van der Waals surface area contributed by atoms with E-state index < -0.39 is 17.4 Å². The van der Waals surface area contributed by atoms with E-state index in [9.17, 15) is 18.0 Å². The highest BCUT2D eigenvalue weighted by Crippen LogP contribution is 2.29. The van der Waals surface area contributed by atoms with E-state index in [1.165, 1.54) is 0 Å². The molecule has 0 bridgehead atoms. The topological polar surface area (TPSA) is 34.9 Å². The summed E-state index contributed by atoms with van der Waals surface area (Å²) >= 11 is 5.10. The maximum Gasteiger partial charge on any atom is 0.435 e. The third kappa shape index (κ3) is 1.58. The van der Waals surface area contributed by atoms with Crippen molar-refractivity contribution in [1.29, 1.82) is 0 Å². The van der Waals surface area contributed by atoms with Gasteiger partial charge in [-0.1, -0.05) is 0 Å². The molecular weight excluding hydrogens is 197 g/mol. The van der Waals surface area contributed by atoms with E-state index in [1.54, 1.807) is 0 Å². The van der Waals surface area contributed by atoms with E-state index >= 15 is 0 Å². The van der Waals surface area contributed by atoms with Crippen LogP contribution in [0.3, 0.4) is 0 Å². The molecule has 66 valence electrons. The lowest BCUT2D eigenvalue weighted by Gasteiger charge is -2.00. The van der Waals surface area contributed by atoms with E-state index in [0.717, 1.165) is 6.20 Å². The Morgan fingerprint density at radius 1 is 1.58 bits per heavy atom. The number of carbonyl (C=O) groups is 1. The zero-order chi connectivity index (χ0) is 9.35. The SMILES string of the molecule is O=Cc1cn(Cl)nc1C(F)(F)F. The average Bonchev–Trinajstić information content (AvgIpc) is 2.29. The highest BCUT2D eigenvalue weighted by molar-refractivity contribution is 6.14. The Kier molecular flexibility index (Phi) is 2.10. The van der Waals surface area contributed by atoms with Gasteiger partial charge in [-0.05, 0) is 0 Å². The highest BCUT2D eigenvalue weighted by atomic mass is 35.5. The third-order valence-electron chi connectivity index (χ3n) is 1.11. The molecular formula is C5H2ClF3N2O. The Morgan fingerprint density at radius 3 is 2.50 bits per heavy atom. The van der Waals surface area contributed by atoms with E-state index in [-0.39, 0.29) is 6.29 Å². The van der Waals surface area contributed by atoms with Gasteiger partial charge in [0.05, 0.1) is 11.8 Å². The van der Waals surface area contributed by atoms with Crippen LogP contribution in [0.4, 0.5) is 13.2 Å². The fraction of sp³-hybridized carbons (Fsp3) is 0.200. The van der Waals surface area contributed by atoms with Gasteiger partial charge in [0.15, 0.2) is 12.0 Å². The molecule has 12 heavy (non-hydrogen) atoms. The van der Waals surface area contributed by atoms with Crippen LogP contribution in [0.15, 0.2) is 6.20 Å². The molecule has 0 aliphatic heterocycles. The van der Waals surface area contributed by atoms with Crippen molar-refractivity contribution in [2.24, 2.45) is 0 Å². The van der Waals surface area contributed by atoms with Crippen molar-refractivity contribution in [2.45, 2.75) is 6.18 Å². The minimum absolute atomic E-state index is 0.0503.